The molecule has 1 heteroatoms. The Kier molecular flexibility index (Phi) is 3.69. The van der Waals surface area contributed by atoms with E-state index in [0.29, 0.717) is 0 Å². The molecular formula is C19H17B. The quantitative estimate of drug-likeness (QED) is 0.618. The van der Waals surface area contributed by atoms with E-state index in [2.05, 4.69) is 79.6 Å². The highest BCUT2D eigenvalue weighted by molar-refractivity contribution is 6.51. The van der Waals surface area contributed by atoms with Gasteiger partial charge < -0.3 is 0 Å². The fraction of sp³-hybridized carbons (Fsp3) is 0.0526. The van der Waals surface area contributed by atoms with Crippen molar-refractivity contribution in [3.8, 4) is 22.3 Å². The van der Waals surface area contributed by atoms with Crippen molar-refractivity contribution in [2.45, 2.75) is 6.82 Å². The zero-order chi connectivity index (χ0) is 13.8. The SMILES string of the molecule is CBc1ccc(-c2ccc(-c3ccccc3)cc2)cc1. The zero-order valence-electron chi connectivity index (χ0n) is 11.7. The van der Waals surface area contributed by atoms with E-state index in [1.807, 2.05) is 6.07 Å². The normalized spacial score (nSPS) is 10.2. The van der Waals surface area contributed by atoms with Gasteiger partial charge in [-0.2, -0.15) is 0 Å². The Morgan fingerprint density at radius 2 is 0.900 bits per heavy atom. The molecule has 0 N–H and O–H groups in total. The molecule has 0 amide bonds. The summed E-state index contributed by atoms with van der Waals surface area (Å²) >= 11 is 0. The number of hydrogen-bond donors (Lipinski definition) is 0. The number of benzene rings is 3. The number of hydrogen-bond acceptors (Lipinski definition) is 0. The molecule has 20 heavy (non-hydrogen) atoms. The van der Waals surface area contributed by atoms with Gasteiger partial charge in [0.05, 0.1) is 0 Å². The number of rotatable bonds is 3. The summed E-state index contributed by atoms with van der Waals surface area (Å²) in [6.45, 7) is 2.18. The molecule has 0 fully saturated rings. The Bertz CT molecular complexity index is 667. The maximum atomic E-state index is 2.21. The smallest absolute Gasteiger partial charge is 0.0849 e. The average Bonchev–Trinajstić information content (AvgIpc) is 2.56. The average molecular weight is 256 g/mol. The lowest BCUT2D eigenvalue weighted by molar-refractivity contribution is 1.60. The minimum atomic E-state index is 1.09. The largest absolute Gasteiger partial charge is 0.154 e. The molecule has 0 unspecified atom stereocenters. The van der Waals surface area contributed by atoms with Crippen LogP contribution in [0.5, 0.6) is 0 Å². The molecule has 3 aromatic rings. The van der Waals surface area contributed by atoms with Crippen molar-refractivity contribution in [2.75, 3.05) is 0 Å². The highest BCUT2D eigenvalue weighted by Crippen LogP contribution is 2.24. The van der Waals surface area contributed by atoms with Crippen molar-refractivity contribution in [2.24, 2.45) is 0 Å². The molecule has 0 nitrogen and oxygen atoms in total. The lowest BCUT2D eigenvalue weighted by Gasteiger charge is -2.05. The van der Waals surface area contributed by atoms with E-state index >= 15 is 0 Å². The molecule has 3 aromatic carbocycles. The van der Waals surface area contributed by atoms with Crippen LogP contribution in [0.15, 0.2) is 78.9 Å². The fourth-order valence-electron chi connectivity index (χ4n) is 2.42. The van der Waals surface area contributed by atoms with Crippen LogP contribution in [0.3, 0.4) is 0 Å². The lowest BCUT2D eigenvalue weighted by atomic mass is 9.73. The molecule has 0 saturated heterocycles. The van der Waals surface area contributed by atoms with Crippen LogP contribution >= 0.6 is 0 Å². The molecule has 0 aliphatic carbocycles. The summed E-state index contributed by atoms with van der Waals surface area (Å²) in [5.41, 5.74) is 6.46. The van der Waals surface area contributed by atoms with E-state index in [0.717, 1.165) is 7.28 Å². The zero-order valence-corrected chi connectivity index (χ0v) is 11.7. The molecule has 0 aliphatic rings. The van der Waals surface area contributed by atoms with Gasteiger partial charge in [-0.05, 0) is 22.3 Å². The van der Waals surface area contributed by atoms with Gasteiger partial charge in [0.2, 0.25) is 0 Å². The van der Waals surface area contributed by atoms with Crippen LogP contribution < -0.4 is 5.46 Å². The van der Waals surface area contributed by atoms with Crippen LogP contribution in [-0.2, 0) is 0 Å². The van der Waals surface area contributed by atoms with Crippen molar-refractivity contribution in [1.82, 2.24) is 0 Å². The molecule has 0 bridgehead atoms. The Labute approximate surface area is 121 Å². The first kappa shape index (κ1) is 12.7. The second kappa shape index (κ2) is 5.79. The van der Waals surface area contributed by atoms with Gasteiger partial charge in [0.15, 0.2) is 7.28 Å². The lowest BCUT2D eigenvalue weighted by Crippen LogP contribution is -2.08. The van der Waals surface area contributed by atoms with Gasteiger partial charge in [0.25, 0.3) is 0 Å². The fourth-order valence-corrected chi connectivity index (χ4v) is 2.42. The third-order valence-electron chi connectivity index (χ3n) is 3.69. The van der Waals surface area contributed by atoms with Gasteiger partial charge in [-0.15, -0.1) is 0 Å². The van der Waals surface area contributed by atoms with E-state index in [-0.39, 0.29) is 0 Å². The van der Waals surface area contributed by atoms with Crippen LogP contribution in [-0.4, -0.2) is 7.28 Å². The molecule has 0 aliphatic heterocycles. The Balaban J connectivity index is 1.89. The molecule has 96 valence electrons. The predicted molar refractivity (Wildman–Crippen MR) is 90.0 cm³/mol. The van der Waals surface area contributed by atoms with Gasteiger partial charge in [-0.3, -0.25) is 0 Å². The first-order valence-corrected chi connectivity index (χ1v) is 7.11. The second-order valence-corrected chi connectivity index (χ2v) is 4.99. The van der Waals surface area contributed by atoms with E-state index in [4.69, 9.17) is 0 Å². The predicted octanol–water partition coefficient (Wildman–Crippen LogP) is 4.13. The maximum absolute atomic E-state index is 2.21. The molecule has 0 spiro atoms. The summed E-state index contributed by atoms with van der Waals surface area (Å²) in [7, 11) is 1.09. The Hall–Kier alpha value is -2.28. The Morgan fingerprint density at radius 3 is 1.35 bits per heavy atom. The minimum Gasteiger partial charge on any atom is -0.0849 e. The van der Waals surface area contributed by atoms with E-state index in [9.17, 15) is 0 Å². The van der Waals surface area contributed by atoms with Crippen LogP contribution in [0.4, 0.5) is 0 Å². The van der Waals surface area contributed by atoms with E-state index in [1.54, 1.807) is 0 Å². The summed E-state index contributed by atoms with van der Waals surface area (Å²) in [4.78, 5) is 0. The molecule has 0 saturated carbocycles. The molecular weight excluding hydrogens is 239 g/mol. The maximum Gasteiger partial charge on any atom is 0.154 e. The monoisotopic (exact) mass is 256 g/mol. The van der Waals surface area contributed by atoms with E-state index in [1.165, 1.54) is 27.7 Å². The van der Waals surface area contributed by atoms with Crippen molar-refractivity contribution < 1.29 is 0 Å². The molecule has 0 heterocycles. The van der Waals surface area contributed by atoms with Crippen molar-refractivity contribution >= 4 is 12.7 Å². The van der Waals surface area contributed by atoms with Crippen LogP contribution in [0, 0.1) is 0 Å². The minimum absolute atomic E-state index is 1.09. The molecule has 0 atom stereocenters. The van der Waals surface area contributed by atoms with Gasteiger partial charge in [-0.25, -0.2) is 0 Å². The third kappa shape index (κ3) is 2.67. The standard InChI is InChI=1S/C19H17B/c1-20-19-13-11-18(12-14-19)17-9-7-16(8-10-17)15-5-3-2-4-6-15/h2-14,20H,1H3. The van der Waals surface area contributed by atoms with Gasteiger partial charge in [-0.1, -0.05) is 91.1 Å². The van der Waals surface area contributed by atoms with Crippen LogP contribution in [0.1, 0.15) is 0 Å². The summed E-state index contributed by atoms with van der Waals surface area (Å²) in [6.07, 6.45) is 0. The summed E-state index contributed by atoms with van der Waals surface area (Å²) < 4.78 is 0. The highest BCUT2D eigenvalue weighted by atomic mass is 14.0. The van der Waals surface area contributed by atoms with Gasteiger partial charge in [0, 0.05) is 0 Å². The first-order chi connectivity index (χ1) is 9.86. The molecule has 0 aromatic heterocycles. The molecule has 3 rings (SSSR count). The van der Waals surface area contributed by atoms with Crippen LogP contribution in [0.25, 0.3) is 22.3 Å². The van der Waals surface area contributed by atoms with Crippen molar-refractivity contribution in [1.29, 1.82) is 0 Å². The van der Waals surface area contributed by atoms with Gasteiger partial charge in [0.1, 0.15) is 0 Å². The first-order valence-electron chi connectivity index (χ1n) is 7.11. The summed E-state index contributed by atoms with van der Waals surface area (Å²) in [6, 6.07) is 28.1. The second-order valence-electron chi connectivity index (χ2n) is 4.99. The van der Waals surface area contributed by atoms with Crippen molar-refractivity contribution in [3.05, 3.63) is 78.9 Å². The molecule has 0 radical (unpaired) electrons. The van der Waals surface area contributed by atoms with Crippen molar-refractivity contribution in [3.63, 3.8) is 0 Å². The van der Waals surface area contributed by atoms with E-state index < -0.39 is 0 Å². The highest BCUT2D eigenvalue weighted by Gasteiger charge is 2.00. The third-order valence-corrected chi connectivity index (χ3v) is 3.69. The summed E-state index contributed by atoms with van der Waals surface area (Å²) in [5.74, 6) is 0. The topological polar surface area (TPSA) is 0 Å². The summed E-state index contributed by atoms with van der Waals surface area (Å²) in [5, 5.41) is 0. The van der Waals surface area contributed by atoms with Crippen LogP contribution in [0.2, 0.25) is 6.82 Å². The Morgan fingerprint density at radius 1 is 0.500 bits per heavy atom. The van der Waals surface area contributed by atoms with Gasteiger partial charge >= 0.3 is 0 Å².